The van der Waals surface area contributed by atoms with Crippen LogP contribution in [0.1, 0.15) is 5.76 Å². The maximum absolute atomic E-state index is 10.7. The van der Waals surface area contributed by atoms with Crippen LogP contribution in [0.25, 0.3) is 0 Å². The number of hydrogen-bond donors (Lipinski definition) is 1. The molecule has 2 heterocycles. The fourth-order valence-electron chi connectivity index (χ4n) is 0.881. The second kappa shape index (κ2) is 3.02. The second-order valence-electron chi connectivity index (χ2n) is 2.22. The third-order valence-electron chi connectivity index (χ3n) is 1.43. The van der Waals surface area contributed by atoms with E-state index in [1.807, 2.05) is 6.07 Å². The minimum absolute atomic E-state index is 0.120. The second-order valence-corrected chi connectivity index (χ2v) is 3.17. The zero-order chi connectivity index (χ0) is 8.39. The van der Waals surface area contributed by atoms with Crippen LogP contribution in [0, 0.1) is 0 Å². The van der Waals surface area contributed by atoms with E-state index in [9.17, 15) is 4.79 Å². The first-order valence-electron chi connectivity index (χ1n) is 3.39. The molecule has 62 valence electrons. The Kier molecular flexibility index (Phi) is 1.87. The predicted octanol–water partition coefficient (Wildman–Crippen LogP) is 1.44. The van der Waals surface area contributed by atoms with E-state index in [0.717, 1.165) is 5.71 Å². The van der Waals surface area contributed by atoms with Crippen LogP contribution < -0.4 is 5.43 Å². The van der Waals surface area contributed by atoms with E-state index >= 15 is 0 Å². The van der Waals surface area contributed by atoms with Gasteiger partial charge >= 0.3 is 0 Å². The highest BCUT2D eigenvalue weighted by molar-refractivity contribution is 8.14. The number of hydrogen-bond acceptors (Lipinski definition) is 4. The molecule has 1 amide bonds. The van der Waals surface area contributed by atoms with Crippen LogP contribution in [0.3, 0.4) is 0 Å². The van der Waals surface area contributed by atoms with Gasteiger partial charge in [0.25, 0.3) is 5.24 Å². The molecule has 0 unspecified atom stereocenters. The Hall–Kier alpha value is -1.23. The van der Waals surface area contributed by atoms with Crippen LogP contribution in [0.15, 0.2) is 27.9 Å². The average molecular weight is 182 g/mol. The molecule has 0 saturated heterocycles. The highest BCUT2D eigenvalue weighted by Crippen LogP contribution is 2.12. The Labute approximate surface area is 73.0 Å². The van der Waals surface area contributed by atoms with Gasteiger partial charge in [-0.25, -0.2) is 5.43 Å². The summed E-state index contributed by atoms with van der Waals surface area (Å²) in [7, 11) is 0. The fourth-order valence-corrected chi connectivity index (χ4v) is 1.47. The Morgan fingerprint density at radius 2 is 2.58 bits per heavy atom. The topological polar surface area (TPSA) is 54.6 Å². The van der Waals surface area contributed by atoms with Crippen LogP contribution in [-0.2, 0) is 0 Å². The zero-order valence-corrected chi connectivity index (χ0v) is 6.93. The lowest BCUT2D eigenvalue weighted by Gasteiger charge is -2.08. The lowest BCUT2D eigenvalue weighted by atomic mass is 10.3. The molecule has 5 heteroatoms. The lowest BCUT2D eigenvalue weighted by molar-refractivity contribution is 0.261. The molecule has 0 spiro atoms. The number of rotatable bonds is 1. The van der Waals surface area contributed by atoms with Crippen molar-refractivity contribution >= 4 is 22.7 Å². The van der Waals surface area contributed by atoms with E-state index in [4.69, 9.17) is 4.42 Å². The van der Waals surface area contributed by atoms with Gasteiger partial charge in [-0.3, -0.25) is 4.79 Å². The van der Waals surface area contributed by atoms with Crippen molar-refractivity contribution in [3.05, 3.63) is 24.2 Å². The van der Waals surface area contributed by atoms with Crippen LogP contribution >= 0.6 is 11.8 Å². The van der Waals surface area contributed by atoms with Crippen LogP contribution in [0.2, 0.25) is 0 Å². The van der Waals surface area contributed by atoms with Gasteiger partial charge in [-0.2, -0.15) is 5.10 Å². The van der Waals surface area contributed by atoms with Crippen LogP contribution in [-0.4, -0.2) is 16.7 Å². The SMILES string of the molecule is O=C1NN=C(c2ccco2)CS1. The molecule has 1 aromatic heterocycles. The van der Waals surface area contributed by atoms with Gasteiger partial charge in [0, 0.05) is 0 Å². The summed E-state index contributed by atoms with van der Waals surface area (Å²) in [4.78, 5) is 10.7. The number of furan rings is 1. The van der Waals surface area contributed by atoms with Crippen molar-refractivity contribution in [1.82, 2.24) is 5.43 Å². The van der Waals surface area contributed by atoms with Crippen molar-refractivity contribution in [2.75, 3.05) is 5.75 Å². The van der Waals surface area contributed by atoms with Crippen molar-refractivity contribution < 1.29 is 9.21 Å². The molecular weight excluding hydrogens is 176 g/mol. The number of amides is 1. The monoisotopic (exact) mass is 182 g/mol. The number of nitrogens with zero attached hydrogens (tertiary/aromatic N) is 1. The summed E-state index contributed by atoms with van der Waals surface area (Å²) < 4.78 is 5.11. The van der Waals surface area contributed by atoms with E-state index in [2.05, 4.69) is 10.5 Å². The van der Waals surface area contributed by atoms with Gasteiger partial charge in [-0.05, 0) is 12.1 Å². The van der Waals surface area contributed by atoms with Gasteiger partial charge in [0.2, 0.25) is 0 Å². The van der Waals surface area contributed by atoms with Crippen LogP contribution in [0.5, 0.6) is 0 Å². The normalized spacial score (nSPS) is 17.0. The molecule has 0 aliphatic carbocycles. The minimum Gasteiger partial charge on any atom is -0.463 e. The largest absolute Gasteiger partial charge is 0.463 e. The average Bonchev–Trinajstić information content (AvgIpc) is 2.58. The molecule has 0 atom stereocenters. The maximum Gasteiger partial charge on any atom is 0.299 e. The molecular formula is C7H6N2O2S. The first-order valence-corrected chi connectivity index (χ1v) is 4.38. The summed E-state index contributed by atoms with van der Waals surface area (Å²) in [6, 6.07) is 3.61. The fraction of sp³-hybridized carbons (Fsp3) is 0.143. The van der Waals surface area contributed by atoms with Gasteiger partial charge in [0.15, 0.2) is 5.76 Å². The first-order chi connectivity index (χ1) is 5.86. The third-order valence-corrected chi connectivity index (χ3v) is 2.20. The molecule has 1 aliphatic heterocycles. The van der Waals surface area contributed by atoms with Gasteiger partial charge in [-0.1, -0.05) is 11.8 Å². The smallest absolute Gasteiger partial charge is 0.299 e. The Morgan fingerprint density at radius 3 is 3.17 bits per heavy atom. The Bertz CT molecular complexity index is 318. The molecule has 1 N–H and O–H groups in total. The maximum atomic E-state index is 10.7. The molecule has 0 saturated carbocycles. The summed E-state index contributed by atoms with van der Waals surface area (Å²) in [5.74, 6) is 1.28. The molecule has 0 radical (unpaired) electrons. The number of carbonyl (C=O) groups is 1. The van der Waals surface area contributed by atoms with Crippen molar-refractivity contribution in [1.29, 1.82) is 0 Å². The summed E-state index contributed by atoms with van der Waals surface area (Å²) in [6.07, 6.45) is 1.58. The molecule has 0 bridgehead atoms. The van der Waals surface area contributed by atoms with E-state index in [1.165, 1.54) is 11.8 Å². The Balaban J connectivity index is 2.21. The summed E-state index contributed by atoms with van der Waals surface area (Å²) >= 11 is 1.18. The molecule has 12 heavy (non-hydrogen) atoms. The number of thioether (sulfide) groups is 1. The van der Waals surface area contributed by atoms with Crippen molar-refractivity contribution in [3.8, 4) is 0 Å². The Morgan fingerprint density at radius 1 is 1.67 bits per heavy atom. The van der Waals surface area contributed by atoms with E-state index in [-0.39, 0.29) is 5.24 Å². The van der Waals surface area contributed by atoms with Gasteiger partial charge < -0.3 is 4.42 Å². The number of nitrogens with one attached hydrogen (secondary N) is 1. The highest BCUT2D eigenvalue weighted by atomic mass is 32.2. The number of hydrazone groups is 1. The van der Waals surface area contributed by atoms with Crippen molar-refractivity contribution in [2.45, 2.75) is 0 Å². The number of carbonyl (C=O) groups excluding carboxylic acids is 1. The molecule has 1 aliphatic rings. The van der Waals surface area contributed by atoms with Crippen LogP contribution in [0.4, 0.5) is 4.79 Å². The minimum atomic E-state index is -0.120. The van der Waals surface area contributed by atoms with Crippen molar-refractivity contribution in [2.24, 2.45) is 5.10 Å². The van der Waals surface area contributed by atoms with E-state index < -0.39 is 0 Å². The first kappa shape index (κ1) is 7.42. The summed E-state index contributed by atoms with van der Waals surface area (Å²) in [5, 5.41) is 3.74. The predicted molar refractivity (Wildman–Crippen MR) is 46.2 cm³/mol. The standard InChI is InChI=1S/C7H6N2O2S/c10-7-9-8-5(4-12-7)6-2-1-3-11-6/h1-3H,4H2,(H,9,10). The summed E-state index contributed by atoms with van der Waals surface area (Å²) in [5.41, 5.74) is 3.14. The highest BCUT2D eigenvalue weighted by Gasteiger charge is 2.15. The van der Waals surface area contributed by atoms with E-state index in [0.29, 0.717) is 11.5 Å². The van der Waals surface area contributed by atoms with E-state index in [1.54, 1.807) is 12.3 Å². The van der Waals surface area contributed by atoms with Gasteiger partial charge in [-0.15, -0.1) is 0 Å². The van der Waals surface area contributed by atoms with Crippen molar-refractivity contribution in [3.63, 3.8) is 0 Å². The van der Waals surface area contributed by atoms with Gasteiger partial charge in [0.05, 0.1) is 12.0 Å². The molecule has 2 rings (SSSR count). The quantitative estimate of drug-likeness (QED) is 0.715. The van der Waals surface area contributed by atoms with Gasteiger partial charge in [0.1, 0.15) is 5.71 Å². The third kappa shape index (κ3) is 1.35. The molecule has 0 aromatic carbocycles. The molecule has 4 nitrogen and oxygen atoms in total. The lowest BCUT2D eigenvalue weighted by Crippen LogP contribution is -2.23. The zero-order valence-electron chi connectivity index (χ0n) is 6.11. The molecule has 1 aromatic rings. The molecule has 0 fully saturated rings. The summed E-state index contributed by atoms with van der Waals surface area (Å²) in [6.45, 7) is 0.